The van der Waals surface area contributed by atoms with E-state index in [9.17, 15) is 9.18 Å². The van der Waals surface area contributed by atoms with E-state index in [-0.39, 0.29) is 18.2 Å². The number of carbonyl (C=O) groups is 1. The van der Waals surface area contributed by atoms with Gasteiger partial charge in [0, 0.05) is 5.92 Å². The first-order valence-electron chi connectivity index (χ1n) is 7.04. The lowest BCUT2D eigenvalue weighted by Crippen LogP contribution is -2.08. The highest BCUT2D eigenvalue weighted by Gasteiger charge is 2.18. The molecule has 1 N–H and O–H groups in total. The van der Waals surface area contributed by atoms with Gasteiger partial charge in [-0.3, -0.25) is 4.79 Å². The van der Waals surface area contributed by atoms with Gasteiger partial charge in [0.15, 0.2) is 0 Å². The van der Waals surface area contributed by atoms with Gasteiger partial charge in [-0.1, -0.05) is 50.2 Å². The summed E-state index contributed by atoms with van der Waals surface area (Å²) in [6, 6.07) is 14.0. The maximum Gasteiger partial charge on any atom is 0.304 e. The Morgan fingerprint density at radius 2 is 1.38 bits per heavy atom. The third-order valence-corrected chi connectivity index (χ3v) is 3.66. The molecule has 3 heteroatoms. The van der Waals surface area contributed by atoms with Crippen molar-refractivity contribution in [1.82, 2.24) is 0 Å². The Morgan fingerprint density at radius 1 is 0.952 bits per heavy atom. The number of halogens is 1. The SMILES string of the molecule is CC(C)c1ccc([C@@H](CC(=O)O)c2ccc(F)cc2)cc1. The second kappa shape index (κ2) is 6.53. The highest BCUT2D eigenvalue weighted by atomic mass is 19.1. The Morgan fingerprint density at radius 3 is 1.81 bits per heavy atom. The van der Waals surface area contributed by atoms with E-state index in [1.54, 1.807) is 12.1 Å². The summed E-state index contributed by atoms with van der Waals surface area (Å²) >= 11 is 0. The lowest BCUT2D eigenvalue weighted by atomic mass is 9.87. The van der Waals surface area contributed by atoms with E-state index in [2.05, 4.69) is 13.8 Å². The van der Waals surface area contributed by atoms with Crippen LogP contribution in [0.25, 0.3) is 0 Å². The molecule has 0 aliphatic heterocycles. The molecule has 0 aliphatic rings. The molecule has 110 valence electrons. The van der Waals surface area contributed by atoms with Gasteiger partial charge in [-0.15, -0.1) is 0 Å². The average Bonchev–Trinajstić information content (AvgIpc) is 2.46. The van der Waals surface area contributed by atoms with Crippen LogP contribution in [0.15, 0.2) is 48.5 Å². The van der Waals surface area contributed by atoms with Gasteiger partial charge in [-0.25, -0.2) is 4.39 Å². The van der Waals surface area contributed by atoms with Gasteiger partial charge in [0.1, 0.15) is 5.82 Å². The van der Waals surface area contributed by atoms with Crippen molar-refractivity contribution < 1.29 is 14.3 Å². The first-order chi connectivity index (χ1) is 9.97. The van der Waals surface area contributed by atoms with Crippen LogP contribution in [0.2, 0.25) is 0 Å². The van der Waals surface area contributed by atoms with Gasteiger partial charge in [0.05, 0.1) is 6.42 Å². The third-order valence-electron chi connectivity index (χ3n) is 3.66. The molecule has 0 radical (unpaired) electrons. The van der Waals surface area contributed by atoms with Crippen molar-refractivity contribution in [2.45, 2.75) is 32.1 Å². The monoisotopic (exact) mass is 286 g/mol. The van der Waals surface area contributed by atoms with Gasteiger partial charge < -0.3 is 5.11 Å². The smallest absolute Gasteiger partial charge is 0.304 e. The maximum absolute atomic E-state index is 13.0. The predicted octanol–water partition coefficient (Wildman–Crippen LogP) is 4.56. The zero-order valence-corrected chi connectivity index (χ0v) is 12.2. The zero-order valence-electron chi connectivity index (χ0n) is 12.2. The molecular formula is C18H19FO2. The van der Waals surface area contributed by atoms with Crippen molar-refractivity contribution in [3.05, 3.63) is 71.0 Å². The molecule has 1 atom stereocenters. The quantitative estimate of drug-likeness (QED) is 0.875. The van der Waals surface area contributed by atoms with E-state index in [4.69, 9.17) is 5.11 Å². The largest absolute Gasteiger partial charge is 0.481 e. The highest BCUT2D eigenvalue weighted by molar-refractivity contribution is 5.69. The van der Waals surface area contributed by atoms with Gasteiger partial charge in [-0.2, -0.15) is 0 Å². The maximum atomic E-state index is 13.0. The minimum atomic E-state index is -0.864. The standard InChI is InChI=1S/C18H19FO2/c1-12(2)13-3-5-14(6-4-13)17(11-18(20)21)15-7-9-16(19)10-8-15/h3-10,12,17H,11H2,1-2H3,(H,20,21)/t17-/m1/s1. The molecule has 2 rings (SSSR count). The summed E-state index contributed by atoms with van der Waals surface area (Å²) in [4.78, 5) is 11.1. The van der Waals surface area contributed by atoms with Crippen LogP contribution in [0, 0.1) is 5.82 Å². The Labute approximate surface area is 124 Å². The van der Waals surface area contributed by atoms with Gasteiger partial charge in [0.25, 0.3) is 0 Å². The minimum Gasteiger partial charge on any atom is -0.481 e. The van der Waals surface area contributed by atoms with Crippen LogP contribution in [0.4, 0.5) is 4.39 Å². The summed E-state index contributed by atoms with van der Waals surface area (Å²) in [5.41, 5.74) is 2.97. The van der Waals surface area contributed by atoms with Crippen molar-refractivity contribution in [2.24, 2.45) is 0 Å². The van der Waals surface area contributed by atoms with Gasteiger partial charge >= 0.3 is 5.97 Å². The lowest BCUT2D eigenvalue weighted by molar-refractivity contribution is -0.137. The molecule has 0 heterocycles. The molecule has 0 bridgehead atoms. The summed E-state index contributed by atoms with van der Waals surface area (Å²) in [5.74, 6) is -1.01. The van der Waals surface area contributed by atoms with Crippen LogP contribution in [-0.2, 0) is 4.79 Å². The second-order valence-electron chi connectivity index (χ2n) is 5.52. The van der Waals surface area contributed by atoms with Crippen LogP contribution in [-0.4, -0.2) is 11.1 Å². The number of benzene rings is 2. The fourth-order valence-corrected chi connectivity index (χ4v) is 2.41. The van der Waals surface area contributed by atoms with Crippen LogP contribution in [0.3, 0.4) is 0 Å². The summed E-state index contributed by atoms with van der Waals surface area (Å²) in [6.45, 7) is 4.23. The second-order valence-corrected chi connectivity index (χ2v) is 5.52. The third kappa shape index (κ3) is 3.91. The van der Waals surface area contributed by atoms with Crippen molar-refractivity contribution in [2.75, 3.05) is 0 Å². The Hall–Kier alpha value is -2.16. The van der Waals surface area contributed by atoms with Crippen molar-refractivity contribution >= 4 is 5.97 Å². The summed E-state index contributed by atoms with van der Waals surface area (Å²) in [5, 5.41) is 9.13. The van der Waals surface area contributed by atoms with Crippen molar-refractivity contribution in [1.29, 1.82) is 0 Å². The number of hydrogen-bond donors (Lipinski definition) is 1. The molecule has 0 unspecified atom stereocenters. The molecule has 0 fully saturated rings. The highest BCUT2D eigenvalue weighted by Crippen LogP contribution is 2.29. The van der Waals surface area contributed by atoms with Gasteiger partial charge in [0.2, 0.25) is 0 Å². The molecular weight excluding hydrogens is 267 g/mol. The number of carboxylic acid groups (broad SMARTS) is 1. The molecule has 0 aromatic heterocycles. The van der Waals surface area contributed by atoms with Crippen LogP contribution < -0.4 is 0 Å². The molecule has 0 saturated heterocycles. The topological polar surface area (TPSA) is 37.3 Å². The zero-order chi connectivity index (χ0) is 15.4. The predicted molar refractivity (Wildman–Crippen MR) is 81.0 cm³/mol. The number of hydrogen-bond acceptors (Lipinski definition) is 1. The van der Waals surface area contributed by atoms with Crippen LogP contribution >= 0.6 is 0 Å². The number of carboxylic acids is 1. The molecule has 0 aliphatic carbocycles. The minimum absolute atomic E-state index is 0.00728. The van der Waals surface area contributed by atoms with E-state index in [0.717, 1.165) is 11.1 Å². The molecule has 2 aromatic rings. The van der Waals surface area contributed by atoms with Crippen molar-refractivity contribution in [3.63, 3.8) is 0 Å². The van der Waals surface area contributed by atoms with Gasteiger partial charge in [-0.05, 0) is 34.7 Å². The first kappa shape index (κ1) is 15.2. The molecule has 0 saturated carbocycles. The Balaban J connectivity index is 2.35. The van der Waals surface area contributed by atoms with E-state index in [0.29, 0.717) is 5.92 Å². The van der Waals surface area contributed by atoms with E-state index in [1.165, 1.54) is 17.7 Å². The molecule has 21 heavy (non-hydrogen) atoms. The Bertz CT molecular complexity index is 600. The lowest BCUT2D eigenvalue weighted by Gasteiger charge is -2.17. The molecule has 0 amide bonds. The number of rotatable bonds is 5. The number of aliphatic carboxylic acids is 1. The van der Waals surface area contributed by atoms with Crippen LogP contribution in [0.5, 0.6) is 0 Å². The average molecular weight is 286 g/mol. The van der Waals surface area contributed by atoms with Crippen LogP contribution in [0.1, 0.15) is 48.8 Å². The van der Waals surface area contributed by atoms with E-state index < -0.39 is 5.97 Å². The normalized spacial score (nSPS) is 12.4. The first-order valence-corrected chi connectivity index (χ1v) is 7.04. The Kier molecular flexibility index (Phi) is 4.73. The fraction of sp³-hybridized carbons (Fsp3) is 0.278. The molecule has 2 nitrogen and oxygen atoms in total. The van der Waals surface area contributed by atoms with E-state index >= 15 is 0 Å². The molecule has 2 aromatic carbocycles. The van der Waals surface area contributed by atoms with E-state index in [1.807, 2.05) is 24.3 Å². The summed E-state index contributed by atoms with van der Waals surface area (Å²) < 4.78 is 13.0. The summed E-state index contributed by atoms with van der Waals surface area (Å²) in [6.07, 6.45) is -0.00728. The molecule has 0 spiro atoms. The van der Waals surface area contributed by atoms with Crippen molar-refractivity contribution in [3.8, 4) is 0 Å². The summed E-state index contributed by atoms with van der Waals surface area (Å²) in [7, 11) is 0. The fourth-order valence-electron chi connectivity index (χ4n) is 2.41.